The van der Waals surface area contributed by atoms with Crippen molar-refractivity contribution in [2.75, 3.05) is 17.2 Å². The van der Waals surface area contributed by atoms with Crippen molar-refractivity contribution in [2.24, 2.45) is 0 Å². The Morgan fingerprint density at radius 1 is 1.10 bits per heavy atom. The molecule has 0 spiro atoms. The molecule has 2 aromatic rings. The number of nitrogens with one attached hydrogen (secondary N) is 2. The molecule has 0 bridgehead atoms. The van der Waals surface area contributed by atoms with Crippen LogP contribution >= 0.6 is 15.9 Å². The van der Waals surface area contributed by atoms with E-state index in [4.69, 9.17) is 0 Å². The molecule has 1 heterocycles. The van der Waals surface area contributed by atoms with E-state index < -0.39 is 0 Å². The third kappa shape index (κ3) is 3.93. The van der Waals surface area contributed by atoms with Crippen molar-refractivity contribution in [3.05, 3.63) is 40.1 Å². The number of hydrogen-bond acceptors (Lipinski definition) is 4. The van der Waals surface area contributed by atoms with Crippen molar-refractivity contribution in [3.8, 4) is 0 Å². The summed E-state index contributed by atoms with van der Waals surface area (Å²) < 4.78 is 1.07. The molecule has 1 aromatic carbocycles. The lowest BCUT2D eigenvalue weighted by molar-refractivity contribution is 0.955. The quantitative estimate of drug-likeness (QED) is 0.849. The summed E-state index contributed by atoms with van der Waals surface area (Å²) in [5, 5.41) is 6.63. The Balaban J connectivity index is 2.21. The molecule has 106 valence electrons. The van der Waals surface area contributed by atoms with Crippen LogP contribution in [0.5, 0.6) is 0 Å². The van der Waals surface area contributed by atoms with Gasteiger partial charge >= 0.3 is 0 Å². The van der Waals surface area contributed by atoms with Gasteiger partial charge in [0, 0.05) is 22.8 Å². The number of nitrogens with zero attached hydrogens (tertiary/aromatic N) is 2. The minimum absolute atomic E-state index is 0.753. The third-order valence-electron chi connectivity index (χ3n) is 2.85. The van der Waals surface area contributed by atoms with Crippen LogP contribution in [0.2, 0.25) is 0 Å². The maximum Gasteiger partial charge on any atom is 0.136 e. The predicted molar refractivity (Wildman–Crippen MR) is 87.7 cm³/mol. The summed E-state index contributed by atoms with van der Waals surface area (Å²) in [5.74, 6) is 2.42. The van der Waals surface area contributed by atoms with E-state index in [9.17, 15) is 0 Å². The third-order valence-corrected chi connectivity index (χ3v) is 3.34. The van der Waals surface area contributed by atoms with Crippen LogP contribution in [0.15, 0.2) is 28.7 Å². The van der Waals surface area contributed by atoms with Crippen molar-refractivity contribution < 1.29 is 0 Å². The molecule has 0 radical (unpaired) electrons. The van der Waals surface area contributed by atoms with E-state index in [1.165, 1.54) is 5.56 Å². The zero-order chi connectivity index (χ0) is 14.5. The van der Waals surface area contributed by atoms with E-state index in [1.807, 2.05) is 25.1 Å². The first-order chi connectivity index (χ1) is 9.58. The van der Waals surface area contributed by atoms with Gasteiger partial charge in [0.05, 0.1) is 0 Å². The Morgan fingerprint density at radius 2 is 1.85 bits per heavy atom. The van der Waals surface area contributed by atoms with Gasteiger partial charge in [-0.05, 0) is 44.0 Å². The molecule has 0 saturated carbocycles. The fourth-order valence-electron chi connectivity index (χ4n) is 1.88. The first kappa shape index (κ1) is 14.8. The molecule has 0 aliphatic heterocycles. The van der Waals surface area contributed by atoms with Crippen LogP contribution in [-0.2, 0) is 0 Å². The average molecular weight is 335 g/mol. The fraction of sp³-hybridized carbons (Fsp3) is 0.333. The summed E-state index contributed by atoms with van der Waals surface area (Å²) in [5.41, 5.74) is 2.21. The molecular formula is C15H19BrN4. The van der Waals surface area contributed by atoms with Crippen molar-refractivity contribution in [3.63, 3.8) is 0 Å². The lowest BCUT2D eigenvalue weighted by Gasteiger charge is -2.11. The zero-order valence-corrected chi connectivity index (χ0v) is 13.6. The Bertz CT molecular complexity index is 598. The van der Waals surface area contributed by atoms with Crippen LogP contribution in [0, 0.1) is 13.8 Å². The number of halogens is 1. The van der Waals surface area contributed by atoms with E-state index in [-0.39, 0.29) is 0 Å². The molecule has 5 heteroatoms. The first-order valence-electron chi connectivity index (χ1n) is 6.71. The van der Waals surface area contributed by atoms with Crippen molar-refractivity contribution in [1.29, 1.82) is 0 Å². The van der Waals surface area contributed by atoms with E-state index >= 15 is 0 Å². The van der Waals surface area contributed by atoms with Crippen LogP contribution in [-0.4, -0.2) is 16.5 Å². The molecule has 1 aromatic heterocycles. The maximum atomic E-state index is 4.43. The minimum Gasteiger partial charge on any atom is -0.370 e. The molecule has 0 fully saturated rings. The Hall–Kier alpha value is -1.62. The van der Waals surface area contributed by atoms with Crippen LogP contribution in [0.3, 0.4) is 0 Å². The van der Waals surface area contributed by atoms with Crippen molar-refractivity contribution >= 4 is 33.3 Å². The molecular weight excluding hydrogens is 316 g/mol. The Morgan fingerprint density at radius 3 is 2.55 bits per heavy atom. The first-order valence-corrected chi connectivity index (χ1v) is 7.50. The fourth-order valence-corrected chi connectivity index (χ4v) is 2.36. The normalized spacial score (nSPS) is 10.4. The van der Waals surface area contributed by atoms with Gasteiger partial charge in [0.1, 0.15) is 17.5 Å². The lowest BCUT2D eigenvalue weighted by atomic mass is 10.2. The molecule has 4 nitrogen and oxygen atoms in total. The molecule has 0 saturated heterocycles. The average Bonchev–Trinajstić information content (AvgIpc) is 2.39. The van der Waals surface area contributed by atoms with Gasteiger partial charge in [-0.25, -0.2) is 9.97 Å². The number of hydrogen-bond donors (Lipinski definition) is 2. The summed E-state index contributed by atoms with van der Waals surface area (Å²) >= 11 is 3.47. The standard InChI is InChI=1S/C15H19BrN4/c1-4-7-17-14-9-15(19-11(3)18-14)20-13-6-5-12(16)8-10(13)2/h5-6,8-9H,4,7H2,1-3H3,(H2,17,18,19,20). The largest absolute Gasteiger partial charge is 0.370 e. The summed E-state index contributed by atoms with van der Waals surface area (Å²) in [6.07, 6.45) is 1.07. The van der Waals surface area contributed by atoms with Gasteiger partial charge in [-0.15, -0.1) is 0 Å². The number of anilines is 3. The number of rotatable bonds is 5. The van der Waals surface area contributed by atoms with Gasteiger partial charge in [-0.2, -0.15) is 0 Å². The van der Waals surface area contributed by atoms with E-state index in [0.29, 0.717) is 0 Å². The van der Waals surface area contributed by atoms with Crippen LogP contribution in [0.25, 0.3) is 0 Å². The van der Waals surface area contributed by atoms with Gasteiger partial charge in [-0.3, -0.25) is 0 Å². The Kier molecular flexibility index (Phi) is 4.95. The number of aromatic nitrogens is 2. The van der Waals surface area contributed by atoms with Gasteiger partial charge in [0.15, 0.2) is 0 Å². The highest BCUT2D eigenvalue weighted by molar-refractivity contribution is 9.10. The highest BCUT2D eigenvalue weighted by atomic mass is 79.9. The molecule has 0 unspecified atom stereocenters. The van der Waals surface area contributed by atoms with Gasteiger partial charge in [0.2, 0.25) is 0 Å². The molecule has 0 amide bonds. The second kappa shape index (κ2) is 6.70. The maximum absolute atomic E-state index is 4.43. The molecule has 0 atom stereocenters. The zero-order valence-electron chi connectivity index (χ0n) is 12.0. The van der Waals surface area contributed by atoms with Gasteiger partial charge in [0.25, 0.3) is 0 Å². The highest BCUT2D eigenvalue weighted by Gasteiger charge is 2.04. The van der Waals surface area contributed by atoms with Crippen LogP contribution < -0.4 is 10.6 Å². The second-order valence-corrected chi connectivity index (χ2v) is 5.61. The monoisotopic (exact) mass is 334 g/mol. The number of aryl methyl sites for hydroxylation is 2. The summed E-state index contributed by atoms with van der Waals surface area (Å²) in [7, 11) is 0. The smallest absolute Gasteiger partial charge is 0.136 e. The van der Waals surface area contributed by atoms with Crippen LogP contribution in [0.1, 0.15) is 24.7 Å². The second-order valence-electron chi connectivity index (χ2n) is 4.70. The van der Waals surface area contributed by atoms with E-state index in [0.717, 1.165) is 40.6 Å². The SMILES string of the molecule is CCCNc1cc(Nc2ccc(Br)cc2C)nc(C)n1. The molecule has 2 rings (SSSR count). The molecule has 2 N–H and O–H groups in total. The Labute approximate surface area is 128 Å². The van der Waals surface area contributed by atoms with E-state index in [1.54, 1.807) is 0 Å². The summed E-state index contributed by atoms with van der Waals surface area (Å²) in [6.45, 7) is 7.01. The molecule has 0 aliphatic rings. The van der Waals surface area contributed by atoms with Gasteiger partial charge in [-0.1, -0.05) is 22.9 Å². The minimum atomic E-state index is 0.753. The molecule has 0 aliphatic carbocycles. The topological polar surface area (TPSA) is 49.8 Å². The summed E-state index contributed by atoms with van der Waals surface area (Å²) in [4.78, 5) is 8.81. The predicted octanol–water partition coefficient (Wildman–Crippen LogP) is 4.42. The number of benzene rings is 1. The summed E-state index contributed by atoms with van der Waals surface area (Å²) in [6, 6.07) is 8.06. The van der Waals surface area contributed by atoms with Gasteiger partial charge < -0.3 is 10.6 Å². The van der Waals surface area contributed by atoms with Crippen LogP contribution in [0.4, 0.5) is 17.3 Å². The van der Waals surface area contributed by atoms with Crippen molar-refractivity contribution in [1.82, 2.24) is 9.97 Å². The molecule has 20 heavy (non-hydrogen) atoms. The highest BCUT2D eigenvalue weighted by Crippen LogP contribution is 2.23. The van der Waals surface area contributed by atoms with E-state index in [2.05, 4.69) is 56.4 Å². The lowest BCUT2D eigenvalue weighted by Crippen LogP contribution is -2.05. The van der Waals surface area contributed by atoms with Crippen molar-refractivity contribution in [2.45, 2.75) is 27.2 Å².